The smallest absolute Gasteiger partial charge is 0.337 e. The fraction of sp³-hybridized carbons (Fsp3) is 0.194. The van der Waals surface area contributed by atoms with Gasteiger partial charge in [-0.15, -0.1) is 0 Å². The third-order valence-electron chi connectivity index (χ3n) is 7.52. The monoisotopic (exact) mass is 698 g/mol. The SMILES string of the molecule is CCOc1ccc([C@@H]2C(C(=O)OC)=CN=c3s/c(=C\c4ccc(OCc5cccc6ccccc56)c(Br)c4)c(=O)n32)cc1OCC. The number of thiazole rings is 1. The first-order valence-electron chi connectivity index (χ1n) is 14.8. The molecular formula is C36H31BrN2O6S. The second-order valence-electron chi connectivity index (χ2n) is 10.4. The van der Waals surface area contributed by atoms with Crippen LogP contribution in [0.15, 0.2) is 105 Å². The van der Waals surface area contributed by atoms with Crippen molar-refractivity contribution in [2.75, 3.05) is 20.3 Å². The Morgan fingerprint density at radius 2 is 1.70 bits per heavy atom. The van der Waals surface area contributed by atoms with E-state index in [4.69, 9.17) is 18.9 Å². The number of rotatable bonds is 10. The summed E-state index contributed by atoms with van der Waals surface area (Å²) in [6.07, 6.45) is 3.28. The first-order valence-corrected chi connectivity index (χ1v) is 16.4. The molecule has 1 aliphatic rings. The Kier molecular flexibility index (Phi) is 9.37. The summed E-state index contributed by atoms with van der Waals surface area (Å²) in [5, 5.41) is 2.32. The molecule has 0 N–H and O–H groups in total. The Balaban J connectivity index is 1.34. The van der Waals surface area contributed by atoms with Gasteiger partial charge in [0.1, 0.15) is 12.4 Å². The lowest BCUT2D eigenvalue weighted by Crippen LogP contribution is -2.39. The molecule has 0 bridgehead atoms. The Morgan fingerprint density at radius 3 is 2.48 bits per heavy atom. The van der Waals surface area contributed by atoms with Crippen LogP contribution in [0.2, 0.25) is 0 Å². The van der Waals surface area contributed by atoms with Crippen molar-refractivity contribution in [3.05, 3.63) is 131 Å². The van der Waals surface area contributed by atoms with Crippen molar-refractivity contribution >= 4 is 50.1 Å². The third kappa shape index (κ3) is 6.23. The van der Waals surface area contributed by atoms with Crippen molar-refractivity contribution in [2.45, 2.75) is 26.5 Å². The van der Waals surface area contributed by atoms with Crippen LogP contribution in [0.25, 0.3) is 16.8 Å². The molecule has 0 amide bonds. The van der Waals surface area contributed by atoms with Crippen LogP contribution in [0, 0.1) is 0 Å². The average Bonchev–Trinajstić information content (AvgIpc) is 3.39. The molecule has 0 spiro atoms. The predicted molar refractivity (Wildman–Crippen MR) is 182 cm³/mol. The summed E-state index contributed by atoms with van der Waals surface area (Å²) >= 11 is 4.89. The molecule has 1 atom stereocenters. The minimum atomic E-state index is -0.766. The van der Waals surface area contributed by atoms with Gasteiger partial charge in [-0.05, 0) is 87.6 Å². The van der Waals surface area contributed by atoms with E-state index in [1.165, 1.54) is 29.2 Å². The summed E-state index contributed by atoms with van der Waals surface area (Å²) in [6, 6.07) is 24.7. The van der Waals surface area contributed by atoms with E-state index in [0.29, 0.717) is 52.0 Å². The highest BCUT2D eigenvalue weighted by Gasteiger charge is 2.31. The second kappa shape index (κ2) is 13.8. The zero-order valence-corrected chi connectivity index (χ0v) is 27.9. The number of esters is 1. The second-order valence-corrected chi connectivity index (χ2v) is 12.2. The maximum atomic E-state index is 14.0. The van der Waals surface area contributed by atoms with Gasteiger partial charge in [0, 0.05) is 6.20 Å². The maximum Gasteiger partial charge on any atom is 0.337 e. The molecular weight excluding hydrogens is 668 g/mol. The van der Waals surface area contributed by atoms with Gasteiger partial charge in [-0.25, -0.2) is 9.79 Å². The molecule has 1 aliphatic heterocycles. The Morgan fingerprint density at radius 1 is 0.935 bits per heavy atom. The lowest BCUT2D eigenvalue weighted by molar-refractivity contribution is -0.136. The number of methoxy groups -OCH3 is 1. The topological polar surface area (TPSA) is 88.4 Å². The quantitative estimate of drug-likeness (QED) is 0.159. The van der Waals surface area contributed by atoms with Crippen LogP contribution >= 0.6 is 27.3 Å². The molecule has 4 aromatic carbocycles. The van der Waals surface area contributed by atoms with Gasteiger partial charge in [0.2, 0.25) is 0 Å². The van der Waals surface area contributed by atoms with Gasteiger partial charge in [-0.2, -0.15) is 0 Å². The van der Waals surface area contributed by atoms with Crippen molar-refractivity contribution in [1.29, 1.82) is 0 Å². The van der Waals surface area contributed by atoms with Gasteiger partial charge >= 0.3 is 5.97 Å². The minimum Gasteiger partial charge on any atom is -0.490 e. The van der Waals surface area contributed by atoms with E-state index in [1.54, 1.807) is 12.1 Å². The van der Waals surface area contributed by atoms with Crippen LogP contribution in [-0.2, 0) is 16.1 Å². The number of carbonyl (C=O) groups is 1. The van der Waals surface area contributed by atoms with Crippen LogP contribution in [0.3, 0.4) is 0 Å². The van der Waals surface area contributed by atoms with Gasteiger partial charge in [-0.1, -0.05) is 65.9 Å². The number of carbonyl (C=O) groups excluding carboxylic acids is 1. The number of hydrogen-bond donors (Lipinski definition) is 0. The lowest BCUT2D eigenvalue weighted by Gasteiger charge is -2.23. The van der Waals surface area contributed by atoms with Crippen molar-refractivity contribution in [2.24, 2.45) is 4.99 Å². The highest BCUT2D eigenvalue weighted by atomic mass is 79.9. The van der Waals surface area contributed by atoms with E-state index in [1.807, 2.05) is 62.4 Å². The lowest BCUT2D eigenvalue weighted by atomic mass is 9.97. The number of benzene rings is 4. The largest absolute Gasteiger partial charge is 0.490 e. The number of fused-ring (bicyclic) bond motifs is 2. The summed E-state index contributed by atoms with van der Waals surface area (Å²) in [7, 11) is 1.31. The molecule has 0 unspecified atom stereocenters. The molecule has 0 radical (unpaired) electrons. The molecule has 6 rings (SSSR count). The zero-order chi connectivity index (χ0) is 32.2. The summed E-state index contributed by atoms with van der Waals surface area (Å²) < 4.78 is 25.6. The van der Waals surface area contributed by atoms with E-state index in [2.05, 4.69) is 45.2 Å². The van der Waals surface area contributed by atoms with Crippen LogP contribution < -0.4 is 29.1 Å². The van der Waals surface area contributed by atoms with E-state index in [-0.39, 0.29) is 11.1 Å². The molecule has 0 fully saturated rings. The van der Waals surface area contributed by atoms with Gasteiger partial charge in [0.05, 0.1) is 40.9 Å². The summed E-state index contributed by atoms with van der Waals surface area (Å²) in [6.45, 7) is 5.08. The van der Waals surface area contributed by atoms with Gasteiger partial charge < -0.3 is 18.9 Å². The Hall–Kier alpha value is -4.67. The van der Waals surface area contributed by atoms with Crippen LogP contribution in [0.1, 0.15) is 36.6 Å². The summed E-state index contributed by atoms with van der Waals surface area (Å²) in [5.41, 5.74) is 2.53. The molecule has 8 nitrogen and oxygen atoms in total. The molecule has 1 aromatic heterocycles. The molecule has 10 heteroatoms. The first kappa shape index (κ1) is 31.3. The molecule has 0 aliphatic carbocycles. The minimum absolute atomic E-state index is 0.239. The molecule has 5 aromatic rings. The van der Waals surface area contributed by atoms with Crippen LogP contribution in [-0.4, -0.2) is 30.9 Å². The van der Waals surface area contributed by atoms with E-state index in [0.717, 1.165) is 26.4 Å². The number of aromatic nitrogens is 1. The highest BCUT2D eigenvalue weighted by Crippen LogP contribution is 2.35. The van der Waals surface area contributed by atoms with E-state index >= 15 is 0 Å². The zero-order valence-electron chi connectivity index (χ0n) is 25.5. The number of nitrogens with zero attached hydrogens (tertiary/aromatic N) is 2. The fourth-order valence-electron chi connectivity index (χ4n) is 5.44. The molecule has 46 heavy (non-hydrogen) atoms. The van der Waals surface area contributed by atoms with E-state index in [9.17, 15) is 9.59 Å². The highest BCUT2D eigenvalue weighted by molar-refractivity contribution is 9.10. The number of halogens is 1. The molecule has 0 saturated heterocycles. The third-order valence-corrected chi connectivity index (χ3v) is 9.14. The van der Waals surface area contributed by atoms with Gasteiger partial charge in [-0.3, -0.25) is 9.36 Å². The Bertz CT molecular complexity index is 2150. The van der Waals surface area contributed by atoms with Crippen molar-refractivity contribution in [3.8, 4) is 17.2 Å². The number of hydrogen-bond acceptors (Lipinski definition) is 8. The van der Waals surface area contributed by atoms with Crippen LogP contribution in [0.4, 0.5) is 0 Å². The van der Waals surface area contributed by atoms with Gasteiger partial charge in [0.15, 0.2) is 16.3 Å². The molecule has 2 heterocycles. The average molecular weight is 700 g/mol. The Labute approximate surface area is 278 Å². The normalized spacial score (nSPS) is 14.3. The van der Waals surface area contributed by atoms with Crippen molar-refractivity contribution < 1.29 is 23.7 Å². The first-order chi connectivity index (χ1) is 22.4. The summed E-state index contributed by atoms with van der Waals surface area (Å²) in [5.74, 6) is 1.23. The summed E-state index contributed by atoms with van der Waals surface area (Å²) in [4.78, 5) is 31.8. The molecule has 0 saturated carbocycles. The predicted octanol–water partition coefficient (Wildman–Crippen LogP) is 6.31. The van der Waals surface area contributed by atoms with Gasteiger partial charge in [0.25, 0.3) is 5.56 Å². The number of ether oxygens (including phenoxy) is 4. The van der Waals surface area contributed by atoms with Crippen molar-refractivity contribution in [1.82, 2.24) is 4.57 Å². The standard InChI is InChI=1S/C36H31BrN2O6S/c1-4-43-30-16-14-24(19-31(30)44-5-2)33-27(35(41)42-3)20-38-36-39(33)34(40)32(46-36)18-22-13-15-29(28(37)17-22)45-21-25-11-8-10-23-9-6-7-12-26(23)25/h6-20,33H,4-5,21H2,1-3H3/b32-18-/t33-/m1/s1. The maximum absolute atomic E-state index is 14.0. The fourth-order valence-corrected chi connectivity index (χ4v) is 6.92. The van der Waals surface area contributed by atoms with E-state index < -0.39 is 12.0 Å². The molecule has 234 valence electrons. The van der Waals surface area contributed by atoms with Crippen LogP contribution in [0.5, 0.6) is 17.2 Å². The van der Waals surface area contributed by atoms with Crippen molar-refractivity contribution in [3.63, 3.8) is 0 Å².